The number of hydrogen-bond donors (Lipinski definition) is 1. The van der Waals surface area contributed by atoms with Crippen molar-refractivity contribution in [3.8, 4) is 0 Å². The van der Waals surface area contributed by atoms with Gasteiger partial charge in [-0.2, -0.15) is 0 Å². The van der Waals surface area contributed by atoms with Crippen LogP contribution in [0, 0.1) is 11.8 Å². The molecule has 2 saturated heterocycles. The molecule has 0 aromatic rings. The molecule has 0 saturated carbocycles. The monoisotopic (exact) mass is 210 g/mol. The number of nitrogens with zero attached hydrogens (tertiary/aromatic N) is 1. The molecule has 0 spiro atoms. The van der Waals surface area contributed by atoms with Gasteiger partial charge in [-0.05, 0) is 38.6 Å². The molecule has 0 radical (unpaired) electrons. The number of rotatable bonds is 1. The Hall–Kier alpha value is -0.570. The van der Waals surface area contributed by atoms with E-state index in [1.807, 2.05) is 0 Å². The Morgan fingerprint density at radius 2 is 2.13 bits per heavy atom. The lowest BCUT2D eigenvalue weighted by molar-refractivity contribution is -0.136. The number of carbonyl (C=O) groups is 1. The molecule has 3 atom stereocenters. The van der Waals surface area contributed by atoms with Gasteiger partial charge in [0.1, 0.15) is 0 Å². The van der Waals surface area contributed by atoms with E-state index in [1.54, 1.807) is 0 Å². The molecule has 2 aliphatic heterocycles. The number of likely N-dealkylation sites (tertiary alicyclic amines) is 1. The fourth-order valence-electron chi connectivity index (χ4n) is 2.75. The largest absolute Gasteiger partial charge is 0.342 e. The second-order valence-corrected chi connectivity index (χ2v) is 5.17. The second kappa shape index (κ2) is 4.52. The summed E-state index contributed by atoms with van der Waals surface area (Å²) in [4.78, 5) is 14.3. The highest BCUT2D eigenvalue weighted by atomic mass is 16.2. The SMILES string of the molecule is CC1CCN(C(=O)[C@@H]2CCCN[C@@H]2C)C1. The topological polar surface area (TPSA) is 32.3 Å². The molecule has 15 heavy (non-hydrogen) atoms. The van der Waals surface area contributed by atoms with E-state index in [2.05, 4.69) is 24.1 Å². The first kappa shape index (κ1) is 10.9. The average Bonchev–Trinajstić information content (AvgIpc) is 2.65. The molecule has 0 aliphatic carbocycles. The molecule has 86 valence electrons. The Labute approximate surface area is 92.2 Å². The molecule has 2 heterocycles. The molecule has 0 bridgehead atoms. The first-order valence-corrected chi connectivity index (χ1v) is 6.20. The summed E-state index contributed by atoms with van der Waals surface area (Å²) in [5.41, 5.74) is 0. The van der Waals surface area contributed by atoms with Crippen LogP contribution >= 0.6 is 0 Å². The van der Waals surface area contributed by atoms with Gasteiger partial charge in [0, 0.05) is 19.1 Å². The van der Waals surface area contributed by atoms with Gasteiger partial charge in [-0.1, -0.05) is 6.92 Å². The highest BCUT2D eigenvalue weighted by Crippen LogP contribution is 2.23. The van der Waals surface area contributed by atoms with Gasteiger partial charge < -0.3 is 10.2 Å². The molecule has 1 amide bonds. The normalized spacial score (nSPS) is 36.9. The molecule has 0 aromatic carbocycles. The van der Waals surface area contributed by atoms with Crippen molar-refractivity contribution in [2.45, 2.75) is 39.2 Å². The number of amides is 1. The Bertz CT molecular complexity index is 242. The average molecular weight is 210 g/mol. The Balaban J connectivity index is 1.94. The van der Waals surface area contributed by atoms with Crippen LogP contribution in [-0.4, -0.2) is 36.5 Å². The molecule has 1 N–H and O–H groups in total. The van der Waals surface area contributed by atoms with Gasteiger partial charge in [0.2, 0.25) is 5.91 Å². The summed E-state index contributed by atoms with van der Waals surface area (Å²) >= 11 is 0. The van der Waals surface area contributed by atoms with E-state index in [4.69, 9.17) is 0 Å². The number of carbonyl (C=O) groups excluding carboxylic acids is 1. The molecular weight excluding hydrogens is 188 g/mol. The van der Waals surface area contributed by atoms with Gasteiger partial charge >= 0.3 is 0 Å². The standard InChI is InChI=1S/C12H22N2O/c1-9-5-7-14(8-9)12(15)11-4-3-6-13-10(11)2/h9-11,13H,3-8H2,1-2H3/t9?,10-,11-/m1/s1. The van der Waals surface area contributed by atoms with E-state index >= 15 is 0 Å². The van der Waals surface area contributed by atoms with Gasteiger partial charge in [0.05, 0.1) is 5.92 Å². The molecule has 2 fully saturated rings. The zero-order valence-corrected chi connectivity index (χ0v) is 9.83. The number of hydrogen-bond acceptors (Lipinski definition) is 2. The van der Waals surface area contributed by atoms with E-state index in [9.17, 15) is 4.79 Å². The molecule has 1 unspecified atom stereocenters. The first-order chi connectivity index (χ1) is 7.18. The highest BCUT2D eigenvalue weighted by molar-refractivity contribution is 5.80. The summed E-state index contributed by atoms with van der Waals surface area (Å²) < 4.78 is 0. The third kappa shape index (κ3) is 2.33. The minimum Gasteiger partial charge on any atom is -0.342 e. The molecule has 2 rings (SSSR count). The van der Waals surface area contributed by atoms with Crippen molar-refractivity contribution in [2.75, 3.05) is 19.6 Å². The Kier molecular flexibility index (Phi) is 3.29. The molecule has 0 aromatic heterocycles. The minimum atomic E-state index is 0.226. The maximum absolute atomic E-state index is 12.2. The van der Waals surface area contributed by atoms with Crippen LogP contribution in [0.4, 0.5) is 0 Å². The van der Waals surface area contributed by atoms with Crippen molar-refractivity contribution in [2.24, 2.45) is 11.8 Å². The molecular formula is C12H22N2O. The maximum Gasteiger partial charge on any atom is 0.227 e. The fourth-order valence-corrected chi connectivity index (χ4v) is 2.75. The molecule has 3 heteroatoms. The molecule has 3 nitrogen and oxygen atoms in total. The van der Waals surface area contributed by atoms with Gasteiger partial charge in [-0.25, -0.2) is 0 Å². The summed E-state index contributed by atoms with van der Waals surface area (Å²) in [5, 5.41) is 3.40. The van der Waals surface area contributed by atoms with Crippen LogP contribution in [0.1, 0.15) is 33.1 Å². The summed E-state index contributed by atoms with van der Waals surface area (Å²) in [6.07, 6.45) is 3.39. The van der Waals surface area contributed by atoms with E-state index in [0.717, 1.165) is 32.5 Å². The van der Waals surface area contributed by atoms with E-state index in [1.165, 1.54) is 6.42 Å². The zero-order chi connectivity index (χ0) is 10.8. The minimum absolute atomic E-state index is 0.226. The van der Waals surface area contributed by atoms with E-state index in [-0.39, 0.29) is 5.92 Å². The van der Waals surface area contributed by atoms with E-state index < -0.39 is 0 Å². The van der Waals surface area contributed by atoms with Crippen LogP contribution in [0.3, 0.4) is 0 Å². The van der Waals surface area contributed by atoms with Crippen LogP contribution in [0.2, 0.25) is 0 Å². The van der Waals surface area contributed by atoms with Gasteiger partial charge in [-0.3, -0.25) is 4.79 Å². The van der Waals surface area contributed by atoms with Gasteiger partial charge in [-0.15, -0.1) is 0 Å². The summed E-state index contributed by atoms with van der Waals surface area (Å²) in [5.74, 6) is 1.31. The Morgan fingerprint density at radius 3 is 2.73 bits per heavy atom. The first-order valence-electron chi connectivity index (χ1n) is 6.20. The van der Waals surface area contributed by atoms with Crippen LogP contribution in [0.25, 0.3) is 0 Å². The van der Waals surface area contributed by atoms with Crippen molar-refractivity contribution in [3.63, 3.8) is 0 Å². The third-order valence-corrected chi connectivity index (χ3v) is 3.81. The van der Waals surface area contributed by atoms with Crippen LogP contribution in [-0.2, 0) is 4.79 Å². The zero-order valence-electron chi connectivity index (χ0n) is 9.83. The number of piperidine rings is 1. The number of nitrogens with one attached hydrogen (secondary N) is 1. The van der Waals surface area contributed by atoms with Crippen molar-refractivity contribution < 1.29 is 4.79 Å². The van der Waals surface area contributed by atoms with Crippen molar-refractivity contribution in [1.29, 1.82) is 0 Å². The lowest BCUT2D eigenvalue weighted by atomic mass is 9.91. The van der Waals surface area contributed by atoms with Gasteiger partial charge in [0.15, 0.2) is 0 Å². The smallest absolute Gasteiger partial charge is 0.227 e. The van der Waals surface area contributed by atoms with Gasteiger partial charge in [0.25, 0.3) is 0 Å². The van der Waals surface area contributed by atoms with Crippen molar-refractivity contribution >= 4 is 5.91 Å². The van der Waals surface area contributed by atoms with Crippen molar-refractivity contribution in [1.82, 2.24) is 10.2 Å². The summed E-state index contributed by atoms with van der Waals surface area (Å²) in [7, 11) is 0. The van der Waals surface area contributed by atoms with Crippen LogP contribution in [0.15, 0.2) is 0 Å². The highest BCUT2D eigenvalue weighted by Gasteiger charge is 2.33. The summed E-state index contributed by atoms with van der Waals surface area (Å²) in [6.45, 7) is 7.39. The maximum atomic E-state index is 12.2. The lowest BCUT2D eigenvalue weighted by Gasteiger charge is -2.32. The van der Waals surface area contributed by atoms with Crippen LogP contribution in [0.5, 0.6) is 0 Å². The van der Waals surface area contributed by atoms with E-state index in [0.29, 0.717) is 17.9 Å². The third-order valence-electron chi connectivity index (χ3n) is 3.81. The Morgan fingerprint density at radius 1 is 1.33 bits per heavy atom. The predicted molar refractivity (Wildman–Crippen MR) is 60.5 cm³/mol. The predicted octanol–water partition coefficient (Wildman–Crippen LogP) is 1.24. The second-order valence-electron chi connectivity index (χ2n) is 5.17. The quantitative estimate of drug-likeness (QED) is 0.706. The molecule has 2 aliphatic rings. The lowest BCUT2D eigenvalue weighted by Crippen LogP contribution is -2.47. The fraction of sp³-hybridized carbons (Fsp3) is 0.917. The summed E-state index contributed by atoms with van der Waals surface area (Å²) in [6, 6.07) is 0.363. The van der Waals surface area contributed by atoms with Crippen molar-refractivity contribution in [3.05, 3.63) is 0 Å². The van der Waals surface area contributed by atoms with Crippen LogP contribution < -0.4 is 5.32 Å².